The Hall–Kier alpha value is -3.88. The molecule has 2 heterocycles. The van der Waals surface area contributed by atoms with E-state index < -0.39 is 17.2 Å². The normalized spacial score (nSPS) is 16.2. The summed E-state index contributed by atoms with van der Waals surface area (Å²) in [4.78, 5) is 40.2. The number of aromatic carboxylic acids is 1. The number of urea groups is 1. The molecule has 0 unspecified atom stereocenters. The molecule has 0 spiro atoms. The van der Waals surface area contributed by atoms with Crippen LogP contribution in [0.25, 0.3) is 10.9 Å². The van der Waals surface area contributed by atoms with E-state index in [0.29, 0.717) is 43.1 Å². The van der Waals surface area contributed by atoms with Crippen molar-refractivity contribution in [2.45, 2.75) is 18.9 Å². The van der Waals surface area contributed by atoms with Crippen molar-refractivity contribution in [2.75, 3.05) is 36.4 Å². The number of pyridine rings is 1. The van der Waals surface area contributed by atoms with Crippen LogP contribution in [0.1, 0.15) is 29.2 Å². The zero-order chi connectivity index (χ0) is 23.1. The Morgan fingerprint density at radius 1 is 1.03 bits per heavy atom. The fourth-order valence-corrected chi connectivity index (χ4v) is 4.28. The quantitative estimate of drug-likeness (QED) is 0.634. The van der Waals surface area contributed by atoms with Crippen molar-refractivity contribution in [3.05, 3.63) is 70.3 Å². The highest BCUT2D eigenvalue weighted by molar-refractivity contribution is 5.94. The molecule has 33 heavy (non-hydrogen) atoms. The van der Waals surface area contributed by atoms with Crippen LogP contribution in [-0.2, 0) is 0 Å². The number of hydrogen-bond acceptors (Lipinski definition) is 4. The lowest BCUT2D eigenvalue weighted by Crippen LogP contribution is -2.50. The fourth-order valence-electron chi connectivity index (χ4n) is 4.28. The summed E-state index contributed by atoms with van der Waals surface area (Å²) in [5.74, 6) is -1.89. The van der Waals surface area contributed by atoms with Gasteiger partial charge in [-0.3, -0.25) is 4.79 Å². The zero-order valence-corrected chi connectivity index (χ0v) is 17.8. The van der Waals surface area contributed by atoms with E-state index in [1.165, 1.54) is 6.20 Å². The summed E-state index contributed by atoms with van der Waals surface area (Å²) < 4.78 is 16.9. The monoisotopic (exact) mass is 450 g/mol. The fraction of sp³-hybridized carbons (Fsp3) is 0.292. The van der Waals surface area contributed by atoms with E-state index in [4.69, 9.17) is 0 Å². The van der Waals surface area contributed by atoms with Gasteiger partial charge < -0.3 is 24.8 Å². The number of fused-ring (bicyclic) bond motifs is 1. The van der Waals surface area contributed by atoms with E-state index in [0.717, 1.165) is 18.9 Å². The maximum absolute atomic E-state index is 15.1. The first kappa shape index (κ1) is 21.0. The minimum atomic E-state index is -1.31. The molecule has 0 radical (unpaired) electrons. The van der Waals surface area contributed by atoms with Crippen molar-refractivity contribution in [2.24, 2.45) is 0 Å². The highest BCUT2D eigenvalue weighted by Crippen LogP contribution is 2.38. The summed E-state index contributed by atoms with van der Waals surface area (Å²) in [6.07, 6.45) is 3.15. The number of aromatic nitrogens is 1. The van der Waals surface area contributed by atoms with Crippen LogP contribution >= 0.6 is 0 Å². The van der Waals surface area contributed by atoms with E-state index in [1.807, 2.05) is 35.2 Å². The largest absolute Gasteiger partial charge is 0.477 e. The number of carboxylic acid groups (broad SMARTS) is 1. The van der Waals surface area contributed by atoms with Crippen LogP contribution in [0, 0.1) is 5.82 Å². The minimum Gasteiger partial charge on any atom is -0.477 e. The number of halogens is 1. The third-order valence-electron chi connectivity index (χ3n) is 6.20. The second kappa shape index (κ2) is 8.23. The molecule has 1 saturated carbocycles. The SMILES string of the molecule is O=C(O)c1cn(C2CC2)c2cc(N3CCN(C(=O)Nc4ccccc4)CC3)c(F)cc2c1=O. The molecule has 2 aromatic carbocycles. The van der Waals surface area contributed by atoms with Gasteiger partial charge in [0.05, 0.1) is 11.2 Å². The predicted molar refractivity (Wildman–Crippen MR) is 123 cm³/mol. The molecule has 5 rings (SSSR count). The van der Waals surface area contributed by atoms with E-state index in [9.17, 15) is 19.5 Å². The van der Waals surface area contributed by atoms with Crippen LogP contribution in [-0.4, -0.2) is 52.8 Å². The zero-order valence-electron chi connectivity index (χ0n) is 17.8. The van der Waals surface area contributed by atoms with Gasteiger partial charge in [0.15, 0.2) is 0 Å². The van der Waals surface area contributed by atoms with Gasteiger partial charge in [-0.1, -0.05) is 18.2 Å². The van der Waals surface area contributed by atoms with E-state index in [-0.39, 0.29) is 23.0 Å². The van der Waals surface area contributed by atoms with Crippen LogP contribution in [0.3, 0.4) is 0 Å². The molecular formula is C24H23FN4O4. The van der Waals surface area contributed by atoms with Gasteiger partial charge in [0.25, 0.3) is 0 Å². The molecule has 2 N–H and O–H groups in total. The third-order valence-corrected chi connectivity index (χ3v) is 6.20. The van der Waals surface area contributed by atoms with Crippen LogP contribution in [0.2, 0.25) is 0 Å². The van der Waals surface area contributed by atoms with Gasteiger partial charge in [-0.25, -0.2) is 14.0 Å². The molecule has 2 amide bonds. The van der Waals surface area contributed by atoms with E-state index >= 15 is 4.39 Å². The summed E-state index contributed by atoms with van der Waals surface area (Å²) >= 11 is 0. The number of benzene rings is 2. The Labute approximate surface area is 188 Å². The van der Waals surface area contributed by atoms with E-state index in [2.05, 4.69) is 5.32 Å². The van der Waals surface area contributed by atoms with Crippen molar-refractivity contribution < 1.29 is 19.1 Å². The molecule has 1 aromatic heterocycles. The first-order valence-corrected chi connectivity index (χ1v) is 10.9. The second-order valence-corrected chi connectivity index (χ2v) is 8.41. The van der Waals surface area contributed by atoms with Gasteiger partial charge in [0, 0.05) is 49.5 Å². The lowest BCUT2D eigenvalue weighted by atomic mass is 10.1. The lowest BCUT2D eigenvalue weighted by molar-refractivity contribution is 0.0694. The van der Waals surface area contributed by atoms with Crippen LogP contribution in [0.15, 0.2) is 53.5 Å². The number of amides is 2. The summed E-state index contributed by atoms with van der Waals surface area (Å²) in [7, 11) is 0. The molecule has 1 aliphatic carbocycles. The first-order valence-electron chi connectivity index (χ1n) is 10.9. The molecule has 9 heteroatoms. The Bertz CT molecular complexity index is 1300. The number of carbonyl (C=O) groups is 2. The number of hydrogen-bond donors (Lipinski definition) is 2. The molecular weight excluding hydrogens is 427 g/mol. The van der Waals surface area contributed by atoms with Gasteiger partial charge in [-0.2, -0.15) is 0 Å². The molecule has 2 fully saturated rings. The highest BCUT2D eigenvalue weighted by atomic mass is 19.1. The number of carbonyl (C=O) groups excluding carboxylic acids is 1. The molecule has 3 aromatic rings. The Kier molecular flexibility index (Phi) is 5.24. The second-order valence-electron chi connectivity index (χ2n) is 8.41. The lowest BCUT2D eigenvalue weighted by Gasteiger charge is -2.36. The third kappa shape index (κ3) is 4.02. The average Bonchev–Trinajstić information content (AvgIpc) is 3.65. The highest BCUT2D eigenvalue weighted by Gasteiger charge is 2.29. The van der Waals surface area contributed by atoms with Gasteiger partial charge >= 0.3 is 12.0 Å². The smallest absolute Gasteiger partial charge is 0.341 e. The maximum Gasteiger partial charge on any atom is 0.341 e. The topological polar surface area (TPSA) is 94.9 Å². The summed E-state index contributed by atoms with van der Waals surface area (Å²) in [5, 5.41) is 12.3. The van der Waals surface area contributed by atoms with Crippen molar-refractivity contribution in [3.63, 3.8) is 0 Å². The summed E-state index contributed by atoms with van der Waals surface area (Å²) in [6.45, 7) is 1.71. The predicted octanol–water partition coefficient (Wildman–Crippen LogP) is 3.53. The van der Waals surface area contributed by atoms with Crippen LogP contribution < -0.4 is 15.6 Å². The standard InChI is InChI=1S/C24H23FN4O4/c25-19-12-17-20(29(16-6-7-16)14-18(22(17)30)23(31)32)13-21(19)27-8-10-28(11-9-27)24(33)26-15-4-2-1-3-5-15/h1-5,12-14,16H,6-11H2,(H,26,33)(H,31,32). The van der Waals surface area contributed by atoms with Gasteiger partial charge in [0.2, 0.25) is 5.43 Å². The number of nitrogens with one attached hydrogen (secondary N) is 1. The molecule has 0 bridgehead atoms. The van der Waals surface area contributed by atoms with Crippen molar-refractivity contribution in [3.8, 4) is 0 Å². The Morgan fingerprint density at radius 2 is 1.73 bits per heavy atom. The van der Waals surface area contributed by atoms with Gasteiger partial charge in [-0.05, 0) is 37.1 Å². The molecule has 0 atom stereocenters. The average molecular weight is 450 g/mol. The van der Waals surface area contributed by atoms with Gasteiger partial charge in [0.1, 0.15) is 11.4 Å². The molecule has 170 valence electrons. The number of para-hydroxylation sites is 1. The number of anilines is 2. The first-order chi connectivity index (χ1) is 15.9. The molecule has 2 aliphatic rings. The van der Waals surface area contributed by atoms with Crippen molar-refractivity contribution in [1.82, 2.24) is 9.47 Å². The van der Waals surface area contributed by atoms with E-state index in [1.54, 1.807) is 15.5 Å². The number of piperazine rings is 1. The van der Waals surface area contributed by atoms with Crippen LogP contribution in [0.5, 0.6) is 0 Å². The molecule has 1 saturated heterocycles. The Balaban J connectivity index is 1.39. The number of carboxylic acids is 1. The Morgan fingerprint density at radius 3 is 2.36 bits per heavy atom. The molecule has 1 aliphatic heterocycles. The van der Waals surface area contributed by atoms with Crippen LogP contribution in [0.4, 0.5) is 20.6 Å². The van der Waals surface area contributed by atoms with Crippen molar-refractivity contribution >= 4 is 34.3 Å². The maximum atomic E-state index is 15.1. The number of rotatable bonds is 4. The summed E-state index contributed by atoms with van der Waals surface area (Å²) in [6, 6.07) is 11.9. The minimum absolute atomic E-state index is 0.0731. The summed E-state index contributed by atoms with van der Waals surface area (Å²) in [5.41, 5.74) is 0.571. The number of nitrogens with zero attached hydrogens (tertiary/aromatic N) is 3. The molecule has 8 nitrogen and oxygen atoms in total. The van der Waals surface area contributed by atoms with Crippen molar-refractivity contribution in [1.29, 1.82) is 0 Å². The van der Waals surface area contributed by atoms with Gasteiger partial charge in [-0.15, -0.1) is 0 Å².